The minimum Gasteiger partial charge on any atom is -0.452 e. The van der Waals surface area contributed by atoms with Crippen molar-refractivity contribution in [2.45, 2.75) is 27.4 Å². The van der Waals surface area contributed by atoms with Crippen LogP contribution in [0.15, 0.2) is 33.5 Å². The van der Waals surface area contributed by atoms with Crippen LogP contribution < -0.4 is 0 Å². The lowest BCUT2D eigenvalue weighted by Gasteiger charge is -2.09. The molecular weight excluding hydrogens is 312 g/mol. The van der Waals surface area contributed by atoms with Crippen molar-refractivity contribution in [2.24, 2.45) is 0 Å². The second-order valence-electron chi connectivity index (χ2n) is 5.37. The number of ether oxygens (including phenoxy) is 1. The van der Waals surface area contributed by atoms with Crippen LogP contribution in [0.5, 0.6) is 0 Å². The highest BCUT2D eigenvalue weighted by Gasteiger charge is 2.16. The lowest BCUT2D eigenvalue weighted by molar-refractivity contribution is 0.0428. The maximum atomic E-state index is 12.3. The van der Waals surface area contributed by atoms with Gasteiger partial charge in [0.15, 0.2) is 6.61 Å². The molecule has 0 unspecified atom stereocenters. The molecule has 0 aliphatic heterocycles. The van der Waals surface area contributed by atoms with Gasteiger partial charge in [-0.05, 0) is 43.3 Å². The van der Waals surface area contributed by atoms with Crippen molar-refractivity contribution in [2.75, 3.05) is 0 Å². The first-order valence-corrected chi connectivity index (χ1v) is 8.09. The number of thiophene rings is 1. The Hall–Kier alpha value is -2.47. The van der Waals surface area contributed by atoms with Gasteiger partial charge >= 0.3 is 5.97 Å². The number of carbonyl (C=O) groups excluding carboxylic acids is 1. The highest BCUT2D eigenvalue weighted by molar-refractivity contribution is 7.08. The number of hydrogen-bond acceptors (Lipinski definition) is 6. The molecule has 0 amide bonds. The molecule has 5 nitrogen and oxygen atoms in total. The predicted molar refractivity (Wildman–Crippen MR) is 87.4 cm³/mol. The van der Waals surface area contributed by atoms with E-state index in [1.54, 1.807) is 11.3 Å². The van der Waals surface area contributed by atoms with Crippen molar-refractivity contribution in [3.8, 4) is 11.4 Å². The van der Waals surface area contributed by atoms with Gasteiger partial charge in [-0.15, -0.1) is 0 Å². The maximum absolute atomic E-state index is 12.3. The topological polar surface area (TPSA) is 65.2 Å². The number of aryl methyl sites for hydroxylation is 3. The van der Waals surface area contributed by atoms with Gasteiger partial charge in [0.05, 0.1) is 5.56 Å². The van der Waals surface area contributed by atoms with Crippen molar-refractivity contribution >= 4 is 17.3 Å². The van der Waals surface area contributed by atoms with E-state index in [0.717, 1.165) is 22.3 Å². The number of aromatic nitrogens is 2. The summed E-state index contributed by atoms with van der Waals surface area (Å²) in [6.45, 7) is 5.76. The van der Waals surface area contributed by atoms with E-state index in [1.807, 2.05) is 49.7 Å². The number of benzene rings is 1. The minimum atomic E-state index is -0.379. The molecule has 0 spiro atoms. The maximum Gasteiger partial charge on any atom is 0.339 e. The molecule has 0 aliphatic carbocycles. The van der Waals surface area contributed by atoms with E-state index in [9.17, 15) is 4.79 Å². The van der Waals surface area contributed by atoms with Gasteiger partial charge in [-0.3, -0.25) is 0 Å². The van der Waals surface area contributed by atoms with Gasteiger partial charge in [0.1, 0.15) is 0 Å². The van der Waals surface area contributed by atoms with Gasteiger partial charge in [0.25, 0.3) is 5.89 Å². The molecule has 118 valence electrons. The van der Waals surface area contributed by atoms with Crippen LogP contribution in [0.4, 0.5) is 0 Å². The Morgan fingerprint density at radius 2 is 2.00 bits per heavy atom. The largest absolute Gasteiger partial charge is 0.452 e. The number of rotatable bonds is 4. The second kappa shape index (κ2) is 6.34. The summed E-state index contributed by atoms with van der Waals surface area (Å²) in [6.07, 6.45) is 0. The average molecular weight is 328 g/mol. The SMILES string of the molecule is Cc1cc(C)c(C(=O)OCc2nc(-c3ccsc3)no2)c(C)c1. The zero-order valence-electron chi connectivity index (χ0n) is 13.1. The molecule has 1 aromatic carbocycles. The second-order valence-corrected chi connectivity index (χ2v) is 6.15. The molecule has 0 fully saturated rings. The van der Waals surface area contributed by atoms with Crippen LogP contribution in [0.2, 0.25) is 0 Å². The normalized spacial score (nSPS) is 10.7. The Morgan fingerprint density at radius 1 is 1.26 bits per heavy atom. The Labute approximate surface area is 137 Å². The molecule has 0 radical (unpaired) electrons. The highest BCUT2D eigenvalue weighted by atomic mass is 32.1. The summed E-state index contributed by atoms with van der Waals surface area (Å²) in [5.41, 5.74) is 4.40. The van der Waals surface area contributed by atoms with Crippen LogP contribution in [0.25, 0.3) is 11.4 Å². The van der Waals surface area contributed by atoms with Crippen LogP contribution >= 0.6 is 11.3 Å². The Balaban J connectivity index is 1.70. The van der Waals surface area contributed by atoms with Crippen molar-refractivity contribution in [3.05, 3.63) is 57.1 Å². The molecule has 0 saturated heterocycles. The first kappa shape index (κ1) is 15.4. The molecular formula is C17H16N2O3S. The number of esters is 1. The van der Waals surface area contributed by atoms with Crippen molar-refractivity contribution in [1.29, 1.82) is 0 Å². The predicted octanol–water partition coefficient (Wildman–Crippen LogP) is 4.08. The molecule has 23 heavy (non-hydrogen) atoms. The Kier molecular flexibility index (Phi) is 4.25. The number of nitrogens with zero attached hydrogens (tertiary/aromatic N) is 2. The third-order valence-corrected chi connectivity index (χ3v) is 4.14. The Morgan fingerprint density at radius 3 is 2.65 bits per heavy atom. The van der Waals surface area contributed by atoms with E-state index in [1.165, 1.54) is 0 Å². The zero-order chi connectivity index (χ0) is 16.4. The smallest absolute Gasteiger partial charge is 0.339 e. The summed E-state index contributed by atoms with van der Waals surface area (Å²) in [5, 5.41) is 7.75. The van der Waals surface area contributed by atoms with E-state index in [2.05, 4.69) is 10.1 Å². The summed E-state index contributed by atoms with van der Waals surface area (Å²) in [7, 11) is 0. The molecule has 2 aromatic heterocycles. The van der Waals surface area contributed by atoms with Gasteiger partial charge in [-0.1, -0.05) is 22.9 Å². The molecule has 0 bridgehead atoms. The molecule has 0 atom stereocenters. The lowest BCUT2D eigenvalue weighted by atomic mass is 10.00. The summed E-state index contributed by atoms with van der Waals surface area (Å²) < 4.78 is 10.4. The van der Waals surface area contributed by atoms with E-state index in [0.29, 0.717) is 11.4 Å². The number of hydrogen-bond donors (Lipinski definition) is 0. The minimum absolute atomic E-state index is 0.0390. The van der Waals surface area contributed by atoms with Crippen molar-refractivity contribution in [3.63, 3.8) is 0 Å². The van der Waals surface area contributed by atoms with Gasteiger partial charge in [-0.25, -0.2) is 4.79 Å². The molecule has 0 aliphatic rings. The summed E-state index contributed by atoms with van der Waals surface area (Å²) in [6, 6.07) is 5.83. The van der Waals surface area contributed by atoms with Crippen LogP contribution in [0, 0.1) is 20.8 Å². The fourth-order valence-electron chi connectivity index (χ4n) is 2.52. The first-order chi connectivity index (χ1) is 11.0. The van der Waals surface area contributed by atoms with Crippen LogP contribution in [0.1, 0.15) is 32.9 Å². The van der Waals surface area contributed by atoms with Crippen LogP contribution in [-0.4, -0.2) is 16.1 Å². The van der Waals surface area contributed by atoms with E-state index in [4.69, 9.17) is 9.26 Å². The molecule has 2 heterocycles. The van der Waals surface area contributed by atoms with Gasteiger partial charge in [0, 0.05) is 10.9 Å². The quantitative estimate of drug-likeness (QED) is 0.675. The van der Waals surface area contributed by atoms with Crippen LogP contribution in [0.3, 0.4) is 0 Å². The highest BCUT2D eigenvalue weighted by Crippen LogP contribution is 2.20. The fourth-order valence-corrected chi connectivity index (χ4v) is 3.16. The van der Waals surface area contributed by atoms with Gasteiger partial charge in [-0.2, -0.15) is 16.3 Å². The third-order valence-electron chi connectivity index (χ3n) is 3.46. The summed E-state index contributed by atoms with van der Waals surface area (Å²) in [5.74, 6) is 0.400. The van der Waals surface area contributed by atoms with E-state index in [-0.39, 0.29) is 18.5 Å². The van der Waals surface area contributed by atoms with Crippen molar-refractivity contribution in [1.82, 2.24) is 10.1 Å². The molecule has 3 aromatic rings. The monoisotopic (exact) mass is 328 g/mol. The van der Waals surface area contributed by atoms with Gasteiger partial charge in [0.2, 0.25) is 5.82 Å². The number of carbonyl (C=O) groups is 1. The van der Waals surface area contributed by atoms with E-state index >= 15 is 0 Å². The molecule has 0 saturated carbocycles. The molecule has 6 heteroatoms. The van der Waals surface area contributed by atoms with Gasteiger partial charge < -0.3 is 9.26 Å². The fraction of sp³-hybridized carbons (Fsp3) is 0.235. The first-order valence-electron chi connectivity index (χ1n) is 7.14. The summed E-state index contributed by atoms with van der Waals surface area (Å²) >= 11 is 1.56. The molecule has 0 N–H and O–H groups in total. The third kappa shape index (κ3) is 3.32. The zero-order valence-corrected chi connectivity index (χ0v) is 13.9. The van der Waals surface area contributed by atoms with Crippen LogP contribution in [-0.2, 0) is 11.3 Å². The van der Waals surface area contributed by atoms with E-state index < -0.39 is 0 Å². The molecule has 3 rings (SSSR count). The average Bonchev–Trinajstić information content (AvgIpc) is 3.15. The summed E-state index contributed by atoms with van der Waals surface area (Å²) in [4.78, 5) is 16.5. The van der Waals surface area contributed by atoms with Crippen molar-refractivity contribution < 1.29 is 14.1 Å². The lowest BCUT2D eigenvalue weighted by Crippen LogP contribution is -2.09. The standard InChI is InChI=1S/C17H16N2O3S/c1-10-6-11(2)15(12(3)7-10)17(20)21-8-14-18-16(19-22-14)13-4-5-23-9-13/h4-7,9H,8H2,1-3H3. The Bertz CT molecular complexity index is 814.